The maximum atomic E-state index is 13.0. The van der Waals surface area contributed by atoms with E-state index in [4.69, 9.17) is 0 Å². The van der Waals surface area contributed by atoms with Gasteiger partial charge in [-0.3, -0.25) is 9.80 Å². The lowest BCUT2D eigenvalue weighted by molar-refractivity contribution is -0.126. The third-order valence-corrected chi connectivity index (χ3v) is 12.6. The summed E-state index contributed by atoms with van der Waals surface area (Å²) in [7, 11) is -3.20. The molecular weight excluding hydrogens is 662 g/mol. The maximum Gasteiger partial charge on any atom is 0.393 e. The molecule has 0 spiro atoms. The number of hydrogen-bond donors (Lipinski definition) is 1. The minimum Gasteiger partial charge on any atom is -0.367 e. The highest BCUT2D eigenvalue weighted by atomic mass is 32.2. The fourth-order valence-corrected chi connectivity index (χ4v) is 9.68. The number of likely N-dealkylation sites (tertiary alicyclic amines) is 1. The lowest BCUT2D eigenvalue weighted by Crippen LogP contribution is -2.54. The molecule has 1 aromatic carbocycles. The van der Waals surface area contributed by atoms with E-state index in [0.29, 0.717) is 47.9 Å². The molecule has 256 valence electrons. The summed E-state index contributed by atoms with van der Waals surface area (Å²) >= 11 is 1.06. The molecule has 10 nitrogen and oxygen atoms in total. The van der Waals surface area contributed by atoms with Crippen molar-refractivity contribution in [2.24, 2.45) is 0 Å². The van der Waals surface area contributed by atoms with Crippen LogP contribution < -0.4 is 5.32 Å². The Morgan fingerprint density at radius 1 is 1.06 bits per heavy atom. The Morgan fingerprint density at radius 3 is 2.58 bits per heavy atom. The zero-order valence-electron chi connectivity index (χ0n) is 27.0. The van der Waals surface area contributed by atoms with Crippen molar-refractivity contribution in [3.63, 3.8) is 0 Å². The molecule has 3 aromatic heterocycles. The van der Waals surface area contributed by atoms with Crippen molar-refractivity contribution >= 4 is 48.3 Å². The number of anilines is 1. The molecular formula is C33H39F3N8O2S2. The molecule has 0 amide bonds. The number of piperazine rings is 1. The normalized spacial score (nSPS) is 22.0. The summed E-state index contributed by atoms with van der Waals surface area (Å²) in [5.41, 5.74) is 4.09. The number of thiophene rings is 1. The summed E-state index contributed by atoms with van der Waals surface area (Å²) < 4.78 is 66.8. The average Bonchev–Trinajstić information content (AvgIpc) is 3.74. The first-order valence-electron chi connectivity index (χ1n) is 16.4. The van der Waals surface area contributed by atoms with Gasteiger partial charge in [-0.05, 0) is 61.9 Å². The molecule has 6 heterocycles. The second kappa shape index (κ2) is 12.9. The summed E-state index contributed by atoms with van der Waals surface area (Å²) in [6, 6.07) is 10.9. The maximum absolute atomic E-state index is 13.0. The van der Waals surface area contributed by atoms with Crippen molar-refractivity contribution in [3.8, 4) is 6.07 Å². The zero-order chi connectivity index (χ0) is 33.8. The molecule has 4 aromatic rings. The average molecular weight is 701 g/mol. The molecule has 2 atom stereocenters. The molecule has 0 radical (unpaired) electrons. The van der Waals surface area contributed by atoms with Gasteiger partial charge in [0.1, 0.15) is 28.7 Å². The van der Waals surface area contributed by atoms with Crippen molar-refractivity contribution in [1.29, 1.82) is 5.26 Å². The van der Waals surface area contributed by atoms with E-state index in [0.717, 1.165) is 67.6 Å². The zero-order valence-corrected chi connectivity index (χ0v) is 28.6. The number of nitrogens with one attached hydrogen (secondary N) is 1. The van der Waals surface area contributed by atoms with Crippen LogP contribution in [0.4, 0.5) is 19.0 Å². The molecule has 3 fully saturated rings. The third-order valence-electron chi connectivity index (χ3n) is 10.3. The van der Waals surface area contributed by atoms with E-state index < -0.39 is 22.6 Å². The van der Waals surface area contributed by atoms with Gasteiger partial charge in [0.05, 0.1) is 18.1 Å². The van der Waals surface area contributed by atoms with Gasteiger partial charge >= 0.3 is 6.18 Å². The van der Waals surface area contributed by atoms with Gasteiger partial charge in [0.25, 0.3) is 0 Å². The number of nitriles is 1. The van der Waals surface area contributed by atoms with Crippen molar-refractivity contribution in [1.82, 2.24) is 28.6 Å². The van der Waals surface area contributed by atoms with Gasteiger partial charge in [-0.1, -0.05) is 6.07 Å². The van der Waals surface area contributed by atoms with Gasteiger partial charge in [0.2, 0.25) is 10.0 Å². The molecule has 15 heteroatoms. The Morgan fingerprint density at radius 2 is 1.85 bits per heavy atom. The third kappa shape index (κ3) is 6.78. The second-order valence-electron chi connectivity index (χ2n) is 13.4. The SMILES string of the molecule is Cc1c(CN2CCC(Nc3ncnc4sc(CC(F)(F)F)cc34)CC2)ccc2c1cc(C#N)n2CC1CCC2CN(S(C)(=O)=O)CCN21. The van der Waals surface area contributed by atoms with Crippen LogP contribution in [0.15, 0.2) is 30.6 Å². The summed E-state index contributed by atoms with van der Waals surface area (Å²) in [5, 5.41) is 15.3. The van der Waals surface area contributed by atoms with Crippen LogP contribution in [0.2, 0.25) is 0 Å². The lowest BCUT2D eigenvalue weighted by atomic mass is 10.0. The van der Waals surface area contributed by atoms with E-state index in [1.54, 1.807) is 10.4 Å². The van der Waals surface area contributed by atoms with Crippen LogP contribution in [0, 0.1) is 18.3 Å². The van der Waals surface area contributed by atoms with Crippen molar-refractivity contribution < 1.29 is 21.6 Å². The van der Waals surface area contributed by atoms with Crippen LogP contribution in [0.5, 0.6) is 0 Å². The first-order chi connectivity index (χ1) is 22.9. The Balaban J connectivity index is 0.996. The Labute approximate surface area is 282 Å². The molecule has 3 aliphatic rings. The highest BCUT2D eigenvalue weighted by Gasteiger charge is 2.40. The molecule has 2 unspecified atom stereocenters. The van der Waals surface area contributed by atoms with Crippen LogP contribution in [-0.2, 0) is 29.5 Å². The molecule has 0 saturated carbocycles. The van der Waals surface area contributed by atoms with E-state index in [2.05, 4.69) is 54.8 Å². The first kappa shape index (κ1) is 33.2. The van der Waals surface area contributed by atoms with Gasteiger partial charge in [-0.25, -0.2) is 18.4 Å². The Bertz CT molecular complexity index is 1980. The highest BCUT2D eigenvalue weighted by molar-refractivity contribution is 7.88. The standard InChI is InChI=1S/C33H39F3N8O2S2/c1-21-22(17-41-9-7-23(8-10-41)40-31-29-14-27(15-33(34,35)36)47-32(29)39-20-38-31)3-6-30-28(21)13-26(16-37)44(30)19-25-5-4-24-18-42(48(2,45)46)11-12-43(24)25/h3,6,13-14,20,23-25H,4-5,7-12,15,17-19H2,1-2H3,(H,38,39,40). The van der Waals surface area contributed by atoms with Crippen LogP contribution in [0.25, 0.3) is 21.1 Å². The number of fused-ring (bicyclic) bond motifs is 3. The fourth-order valence-electron chi connectivity index (χ4n) is 7.79. The number of piperidine rings is 1. The smallest absolute Gasteiger partial charge is 0.367 e. The quantitative estimate of drug-likeness (QED) is 0.270. The van der Waals surface area contributed by atoms with Gasteiger partial charge in [0.15, 0.2) is 0 Å². The monoisotopic (exact) mass is 700 g/mol. The molecule has 48 heavy (non-hydrogen) atoms. The van der Waals surface area contributed by atoms with Crippen LogP contribution in [0.1, 0.15) is 47.4 Å². The number of aryl methyl sites for hydroxylation is 1. The highest BCUT2D eigenvalue weighted by Crippen LogP contribution is 2.35. The van der Waals surface area contributed by atoms with E-state index in [1.807, 2.05) is 6.07 Å². The number of aromatic nitrogens is 3. The van der Waals surface area contributed by atoms with E-state index in [-0.39, 0.29) is 23.0 Å². The van der Waals surface area contributed by atoms with Crippen LogP contribution in [0.3, 0.4) is 0 Å². The number of rotatable bonds is 8. The molecule has 0 aliphatic carbocycles. The van der Waals surface area contributed by atoms with E-state index in [1.165, 1.54) is 23.7 Å². The van der Waals surface area contributed by atoms with Gasteiger partial charge in [-0.15, -0.1) is 11.3 Å². The van der Waals surface area contributed by atoms with Gasteiger partial charge in [-0.2, -0.15) is 22.7 Å². The van der Waals surface area contributed by atoms with Crippen LogP contribution in [-0.4, -0.2) is 100 Å². The first-order valence-corrected chi connectivity index (χ1v) is 19.0. The Kier molecular flexibility index (Phi) is 8.91. The second-order valence-corrected chi connectivity index (χ2v) is 16.5. The number of halogens is 3. The largest absolute Gasteiger partial charge is 0.393 e. The fraction of sp³-hybridized carbons (Fsp3) is 0.545. The number of hydrogen-bond acceptors (Lipinski definition) is 9. The molecule has 1 N–H and O–H groups in total. The van der Waals surface area contributed by atoms with Gasteiger partial charge < -0.3 is 9.88 Å². The minimum atomic E-state index is -4.26. The number of alkyl halides is 3. The molecule has 3 saturated heterocycles. The summed E-state index contributed by atoms with van der Waals surface area (Å²) in [6.45, 7) is 7.10. The predicted molar refractivity (Wildman–Crippen MR) is 180 cm³/mol. The van der Waals surface area contributed by atoms with Crippen molar-refractivity contribution in [2.45, 2.75) is 76.4 Å². The number of nitrogens with zero attached hydrogens (tertiary/aromatic N) is 7. The van der Waals surface area contributed by atoms with E-state index in [9.17, 15) is 26.9 Å². The van der Waals surface area contributed by atoms with Crippen molar-refractivity contribution in [3.05, 3.63) is 52.3 Å². The van der Waals surface area contributed by atoms with E-state index >= 15 is 0 Å². The molecule has 7 rings (SSSR count). The van der Waals surface area contributed by atoms with Crippen LogP contribution >= 0.6 is 11.3 Å². The lowest BCUT2D eigenvalue weighted by Gasteiger charge is -2.39. The number of sulfonamides is 1. The summed E-state index contributed by atoms with van der Waals surface area (Å²) in [4.78, 5) is 14.2. The predicted octanol–water partition coefficient (Wildman–Crippen LogP) is 5.12. The molecule has 0 bridgehead atoms. The minimum absolute atomic E-state index is 0.158. The van der Waals surface area contributed by atoms with Gasteiger partial charge in [0, 0.05) is 79.7 Å². The summed E-state index contributed by atoms with van der Waals surface area (Å²) in [6.07, 6.45) is 1.14. The summed E-state index contributed by atoms with van der Waals surface area (Å²) in [5.74, 6) is 0.589. The number of benzene rings is 1. The Hall–Kier alpha value is -3.29. The van der Waals surface area contributed by atoms with Crippen molar-refractivity contribution in [2.75, 3.05) is 44.3 Å². The molecule has 3 aliphatic heterocycles. The topological polar surface area (TPSA) is 110 Å².